The van der Waals surface area contributed by atoms with E-state index in [-0.39, 0.29) is 256 Å². The maximum Gasteiger partial charge on any atom is 0.335 e. The summed E-state index contributed by atoms with van der Waals surface area (Å²) < 4.78 is 55.0. The lowest BCUT2D eigenvalue weighted by Crippen LogP contribution is -2.43. The Hall–Kier alpha value is -9.11. The van der Waals surface area contributed by atoms with Gasteiger partial charge in [0.2, 0.25) is 23.6 Å². The number of ketones is 6. The lowest BCUT2D eigenvalue weighted by molar-refractivity contribution is -0.145. The van der Waals surface area contributed by atoms with Gasteiger partial charge < -0.3 is 105 Å². The van der Waals surface area contributed by atoms with Gasteiger partial charge in [0, 0.05) is 118 Å². The third-order valence-corrected chi connectivity index (χ3v) is 20.3. The molecule has 127 heavy (non-hydrogen) atoms. The number of hydrogen-bond acceptors (Lipinski definition) is 27. The van der Waals surface area contributed by atoms with Gasteiger partial charge in [0.05, 0.1) is 108 Å². The van der Waals surface area contributed by atoms with Crippen LogP contribution >= 0.6 is 0 Å². The maximum atomic E-state index is 13.6. The van der Waals surface area contributed by atoms with Crippen LogP contribution in [0.25, 0.3) is 0 Å². The highest BCUT2D eigenvalue weighted by molar-refractivity contribution is 5.94. The molecular formula is C91H148N6O30. The molecule has 2 rings (SSSR count). The normalized spacial score (nSPS) is 12.3. The predicted octanol–water partition coefficient (Wildman–Crippen LogP) is 9.11. The molecule has 0 aromatic heterocycles. The molecule has 36 nitrogen and oxygen atoms in total. The van der Waals surface area contributed by atoms with E-state index in [4.69, 9.17) is 63.3 Å². The molecule has 4 atom stereocenters. The van der Waals surface area contributed by atoms with Gasteiger partial charge in [0.1, 0.15) is 49.5 Å². The third-order valence-electron chi connectivity index (χ3n) is 20.3. The molecule has 2 aromatic carbocycles. The van der Waals surface area contributed by atoms with Crippen LogP contribution in [0.3, 0.4) is 0 Å². The number of nitrogens with one attached hydrogen (secondary N) is 5. The van der Waals surface area contributed by atoms with Gasteiger partial charge in [0.25, 0.3) is 0 Å². The van der Waals surface area contributed by atoms with Crippen molar-refractivity contribution in [3.63, 3.8) is 0 Å². The van der Waals surface area contributed by atoms with E-state index in [9.17, 15) is 87.2 Å². The number of benzene rings is 2. The molecule has 0 fully saturated rings. The molecule has 0 saturated heterocycles. The van der Waals surface area contributed by atoms with Gasteiger partial charge in [-0.15, -0.1) is 0 Å². The fourth-order valence-corrected chi connectivity index (χ4v) is 12.9. The molecule has 12 N–H and O–H groups in total. The zero-order chi connectivity index (χ0) is 93.3. The van der Waals surface area contributed by atoms with Crippen LogP contribution in [-0.4, -0.2) is 277 Å². The van der Waals surface area contributed by atoms with Crippen molar-refractivity contribution in [2.24, 2.45) is 23.5 Å². The molecule has 0 aliphatic heterocycles. The minimum absolute atomic E-state index is 0. The second-order valence-corrected chi connectivity index (χ2v) is 31.9. The summed E-state index contributed by atoms with van der Waals surface area (Å²) in [6.07, 6.45) is 16.0. The number of unbranched alkanes of at least 4 members (excludes halogenated alkanes) is 14. The minimum Gasteiger partial charge on any atom is -0.494 e. The topological polar surface area (TPSA) is 536 Å². The highest BCUT2D eigenvalue weighted by Gasteiger charge is 2.32. The summed E-state index contributed by atoms with van der Waals surface area (Å²) in [7, 11) is 0. The summed E-state index contributed by atoms with van der Waals surface area (Å²) in [5, 5.41) is 60.5. The molecule has 722 valence electrons. The van der Waals surface area contributed by atoms with Crippen LogP contribution in [0.1, 0.15) is 256 Å². The average Bonchev–Trinajstić information content (AvgIpc) is 0.840. The van der Waals surface area contributed by atoms with Crippen molar-refractivity contribution in [2.75, 3.05) is 152 Å². The number of carboxylic acid groups (broad SMARTS) is 5. The number of hydrogen-bond donors (Lipinski definition) is 11. The first kappa shape index (κ1) is 114. The van der Waals surface area contributed by atoms with E-state index in [0.29, 0.717) is 109 Å². The second kappa shape index (κ2) is 73.8. The average molecular weight is 1810 g/mol. The monoisotopic (exact) mass is 1810 g/mol. The first-order valence-corrected chi connectivity index (χ1v) is 45.0. The number of Topliss-reactive ketones (excluding diaryl/α,β-unsaturated/α-hetero) is 6. The maximum absolute atomic E-state index is 13.6. The Kier molecular flexibility index (Phi) is 66.2. The van der Waals surface area contributed by atoms with Crippen molar-refractivity contribution >= 4 is 88.2 Å². The number of carbonyl (C=O) groups excluding carboxylic acids is 10. The van der Waals surface area contributed by atoms with Gasteiger partial charge in [-0.25, -0.2) is 9.59 Å². The minimum atomic E-state index is -1.20. The van der Waals surface area contributed by atoms with Gasteiger partial charge in [0.15, 0.2) is 23.1 Å². The molecule has 4 amide bonds. The number of ether oxygens (including phenoxy) is 10. The fourth-order valence-electron chi connectivity index (χ4n) is 12.9. The summed E-state index contributed by atoms with van der Waals surface area (Å²) in [5.74, 6) is -9.31. The van der Waals surface area contributed by atoms with E-state index in [1.807, 2.05) is 0 Å². The van der Waals surface area contributed by atoms with Gasteiger partial charge in [-0.3, -0.25) is 62.3 Å². The number of aliphatic carboxylic acids is 3. The van der Waals surface area contributed by atoms with E-state index in [1.165, 1.54) is 24.3 Å². The Balaban J connectivity index is 0.0000819. The lowest BCUT2D eigenvalue weighted by atomic mass is 9.83. The van der Waals surface area contributed by atoms with E-state index in [2.05, 4.69) is 26.6 Å². The van der Waals surface area contributed by atoms with Crippen LogP contribution in [-0.2, 0) is 100 Å². The summed E-state index contributed by atoms with van der Waals surface area (Å²) in [6.45, 7) is 6.96. The SMILES string of the molecule is CC(C)(N)C(=O)C[C@@H](CCCCNCCC(=O)COCCOCCCC(=O)COCCOCCNC(=O)[C@H](CCC(=O)O)CC(=O)CCCCCCCCCOc1ccc(C(=O)O)cc1)C(=O)C[C@@H](CCCCNC(=O)COCCOCCNC(=O)COCCOCCCC(=O)[C@H](CCC(=O)O)NC(=O)CCCCCCCCCOc1ccc(C(=O)O)cc1)C(=O)O.[HH].[HH]. The molecule has 0 unspecified atom stereocenters. The van der Waals surface area contributed by atoms with Crippen LogP contribution in [0.15, 0.2) is 48.5 Å². The Labute approximate surface area is 749 Å². The largest absolute Gasteiger partial charge is 0.494 e. The van der Waals surface area contributed by atoms with Crippen LogP contribution in [0, 0.1) is 17.8 Å². The Morgan fingerprint density at radius 3 is 1.27 bits per heavy atom. The van der Waals surface area contributed by atoms with E-state index >= 15 is 0 Å². The van der Waals surface area contributed by atoms with E-state index < -0.39 is 71.0 Å². The van der Waals surface area contributed by atoms with Crippen molar-refractivity contribution in [1.29, 1.82) is 0 Å². The summed E-state index contributed by atoms with van der Waals surface area (Å²) >= 11 is 0. The first-order valence-electron chi connectivity index (χ1n) is 45.0. The second-order valence-electron chi connectivity index (χ2n) is 31.9. The molecule has 0 aliphatic carbocycles. The van der Waals surface area contributed by atoms with E-state index in [0.717, 1.165) is 77.0 Å². The first-order chi connectivity index (χ1) is 61.0. The van der Waals surface area contributed by atoms with Crippen molar-refractivity contribution in [2.45, 2.75) is 244 Å². The zero-order valence-corrected chi connectivity index (χ0v) is 74.8. The van der Waals surface area contributed by atoms with Crippen LogP contribution in [0.5, 0.6) is 11.5 Å². The standard InChI is InChI=1S/C91H144N6O30.2H2/c1-91(2,92)81(103)63-70(23-15-17-42-93-44-41-75(100)65-123-57-53-118-47-21-26-74(99)64-122-58-55-121-52-46-96-87(111)71(33-39-85(107)108)61-73(98)25-13-9-5-3-7-11-19-49-126-76-34-29-68(30-35-76)88(112)113)80(102)62-72(90(116)117)24-16-18-43-94-83(105)66-125-60-56-120-51-45-95-84(106)67-124-59-54-119-48-22-27-79(101)78(38-40-86(109)110)97-82(104)28-14-10-6-4-8-12-20-50-127-77-36-31-69(32-37-77)89(114)115;;/h29-32,34-37,70-72,78,93H,3-28,33,38-67,92H2,1-2H3,(H,94,105)(H,95,106)(H,96,111)(H,97,104)(H,107,108)(H,109,110)(H,112,113)(H,114,115)(H,116,117);2*1H/t70-,71-,72-,78+;;/m1../s1. The van der Waals surface area contributed by atoms with Crippen molar-refractivity contribution in [3.05, 3.63) is 59.7 Å². The van der Waals surface area contributed by atoms with Gasteiger partial charge in [-0.05, 0) is 146 Å². The van der Waals surface area contributed by atoms with Gasteiger partial charge in [-0.1, -0.05) is 77.0 Å². The number of nitrogens with two attached hydrogens (primary N) is 1. The number of amides is 4. The van der Waals surface area contributed by atoms with Crippen LogP contribution < -0.4 is 41.8 Å². The molecule has 0 radical (unpaired) electrons. The smallest absolute Gasteiger partial charge is 0.335 e. The quantitative estimate of drug-likeness (QED) is 0.0275. The van der Waals surface area contributed by atoms with Gasteiger partial charge >= 0.3 is 29.8 Å². The highest BCUT2D eigenvalue weighted by Crippen LogP contribution is 2.25. The summed E-state index contributed by atoms with van der Waals surface area (Å²) in [5.41, 5.74) is 5.28. The lowest BCUT2D eigenvalue weighted by Gasteiger charge is -2.22. The Morgan fingerprint density at radius 2 is 0.764 bits per heavy atom. The van der Waals surface area contributed by atoms with Crippen LogP contribution in [0.2, 0.25) is 0 Å². The predicted molar refractivity (Wildman–Crippen MR) is 471 cm³/mol. The zero-order valence-electron chi connectivity index (χ0n) is 74.8. The molecule has 0 heterocycles. The Bertz CT molecular complexity index is 3500. The van der Waals surface area contributed by atoms with Crippen molar-refractivity contribution in [1.82, 2.24) is 26.6 Å². The molecule has 0 spiro atoms. The molecule has 0 saturated carbocycles. The fraction of sp³-hybridized carbons (Fsp3) is 0.703. The molecule has 0 aliphatic rings. The van der Waals surface area contributed by atoms with Crippen molar-refractivity contribution in [3.8, 4) is 11.5 Å². The van der Waals surface area contributed by atoms with Crippen molar-refractivity contribution < 1.29 is 148 Å². The molecule has 36 heteroatoms. The number of rotatable bonds is 89. The van der Waals surface area contributed by atoms with E-state index in [1.54, 1.807) is 38.1 Å². The molecule has 0 bridgehead atoms. The van der Waals surface area contributed by atoms with Gasteiger partial charge in [-0.2, -0.15) is 0 Å². The Morgan fingerprint density at radius 1 is 0.339 bits per heavy atom. The third kappa shape index (κ3) is 64.3. The molecular weight excluding hydrogens is 1660 g/mol. The number of carbonyl (C=O) groups is 15. The number of aromatic carboxylic acids is 2. The summed E-state index contributed by atoms with van der Waals surface area (Å²) in [4.78, 5) is 184. The number of carboxylic acids is 5. The van der Waals surface area contributed by atoms with Crippen LogP contribution in [0.4, 0.5) is 0 Å². The molecule has 2 aromatic rings. The highest BCUT2D eigenvalue weighted by atomic mass is 16.5. The summed E-state index contributed by atoms with van der Waals surface area (Å²) in [6, 6.07) is 11.6.